The highest BCUT2D eigenvalue weighted by Gasteiger charge is 2.32. The second kappa shape index (κ2) is 3.28. The van der Waals surface area contributed by atoms with Gasteiger partial charge in [-0.1, -0.05) is 12.1 Å². The molecule has 0 aliphatic carbocycles. The molecule has 0 saturated carbocycles. The van der Waals surface area contributed by atoms with Gasteiger partial charge in [0.25, 0.3) is 0 Å². The lowest BCUT2D eigenvalue weighted by Gasteiger charge is -2.09. The van der Waals surface area contributed by atoms with Crippen molar-refractivity contribution < 1.29 is 8.42 Å². The molecule has 14 heavy (non-hydrogen) atoms. The number of rotatable bonds is 1. The molecular formula is C10H13NO2S. The first-order chi connectivity index (χ1) is 6.59. The Labute approximate surface area is 83.9 Å². The lowest BCUT2D eigenvalue weighted by Crippen LogP contribution is -2.08. The Bertz CT molecular complexity index is 439. The van der Waals surface area contributed by atoms with E-state index >= 15 is 0 Å². The van der Waals surface area contributed by atoms with Gasteiger partial charge in [-0.2, -0.15) is 0 Å². The molecule has 0 radical (unpaired) electrons. The molecule has 1 aromatic rings. The fraction of sp³-hybridized carbons (Fsp3) is 0.400. The Morgan fingerprint density at radius 2 is 2.14 bits per heavy atom. The molecule has 4 heteroatoms. The van der Waals surface area contributed by atoms with Crippen LogP contribution < -0.4 is 5.73 Å². The topological polar surface area (TPSA) is 60.2 Å². The van der Waals surface area contributed by atoms with Crippen LogP contribution in [0.1, 0.15) is 23.7 Å². The molecule has 1 unspecified atom stereocenters. The highest BCUT2D eigenvalue weighted by molar-refractivity contribution is 7.91. The van der Waals surface area contributed by atoms with Crippen LogP contribution in [0.3, 0.4) is 0 Å². The molecule has 0 aromatic heterocycles. The number of nitrogen functional groups attached to an aromatic ring is 1. The van der Waals surface area contributed by atoms with Crippen LogP contribution in [0.2, 0.25) is 0 Å². The Morgan fingerprint density at radius 3 is 2.71 bits per heavy atom. The summed E-state index contributed by atoms with van der Waals surface area (Å²) in [6, 6.07) is 7.17. The first-order valence-electron chi connectivity index (χ1n) is 4.66. The molecule has 1 saturated heterocycles. The minimum Gasteiger partial charge on any atom is -0.399 e. The Morgan fingerprint density at radius 1 is 1.36 bits per heavy atom. The highest BCUT2D eigenvalue weighted by atomic mass is 32.2. The van der Waals surface area contributed by atoms with Crippen molar-refractivity contribution in [2.75, 3.05) is 11.5 Å². The quantitative estimate of drug-likeness (QED) is 0.716. The first kappa shape index (κ1) is 9.52. The van der Waals surface area contributed by atoms with Gasteiger partial charge in [0.15, 0.2) is 9.84 Å². The molecule has 3 nitrogen and oxygen atoms in total. The summed E-state index contributed by atoms with van der Waals surface area (Å²) in [5.41, 5.74) is 7.08. The van der Waals surface area contributed by atoms with Gasteiger partial charge in [0, 0.05) is 5.69 Å². The van der Waals surface area contributed by atoms with Crippen molar-refractivity contribution in [1.29, 1.82) is 0 Å². The molecule has 0 bridgehead atoms. The zero-order valence-electron chi connectivity index (χ0n) is 7.81. The van der Waals surface area contributed by atoms with E-state index in [0.29, 0.717) is 11.4 Å². The summed E-state index contributed by atoms with van der Waals surface area (Å²) in [6.07, 6.45) is 1.49. The maximum atomic E-state index is 11.6. The molecule has 2 rings (SSSR count). The Kier molecular flexibility index (Phi) is 2.23. The van der Waals surface area contributed by atoms with E-state index in [4.69, 9.17) is 5.73 Å². The van der Waals surface area contributed by atoms with Crippen LogP contribution >= 0.6 is 0 Å². The lowest BCUT2D eigenvalue weighted by atomic mass is 10.1. The minimum atomic E-state index is -2.91. The van der Waals surface area contributed by atoms with Gasteiger partial charge in [-0.15, -0.1) is 0 Å². The third kappa shape index (κ3) is 1.62. The number of benzene rings is 1. The van der Waals surface area contributed by atoms with Gasteiger partial charge in [0.2, 0.25) is 0 Å². The van der Waals surface area contributed by atoms with Crippen LogP contribution in [0.15, 0.2) is 24.3 Å². The monoisotopic (exact) mass is 211 g/mol. The number of hydrogen-bond acceptors (Lipinski definition) is 3. The van der Waals surface area contributed by atoms with Crippen molar-refractivity contribution in [2.45, 2.75) is 18.1 Å². The maximum Gasteiger partial charge on any atom is 0.157 e. The molecule has 1 aliphatic heterocycles. The summed E-state index contributed by atoms with van der Waals surface area (Å²) in [5, 5.41) is -0.328. The Balaban J connectivity index is 2.41. The van der Waals surface area contributed by atoms with Crippen molar-refractivity contribution in [3.05, 3.63) is 29.8 Å². The van der Waals surface area contributed by atoms with Gasteiger partial charge in [-0.05, 0) is 30.5 Å². The zero-order valence-corrected chi connectivity index (χ0v) is 8.63. The van der Waals surface area contributed by atoms with E-state index in [-0.39, 0.29) is 5.25 Å². The summed E-state index contributed by atoms with van der Waals surface area (Å²) in [5.74, 6) is 0.312. The lowest BCUT2D eigenvalue weighted by molar-refractivity contribution is 0.592. The van der Waals surface area contributed by atoms with Crippen LogP contribution in [0, 0.1) is 0 Å². The van der Waals surface area contributed by atoms with Crippen LogP contribution in [0.4, 0.5) is 5.69 Å². The Hall–Kier alpha value is -1.03. The molecule has 1 fully saturated rings. The van der Waals surface area contributed by atoms with Crippen molar-refractivity contribution in [1.82, 2.24) is 0 Å². The fourth-order valence-corrected chi connectivity index (χ4v) is 3.87. The summed E-state index contributed by atoms with van der Waals surface area (Å²) in [6.45, 7) is 0. The first-order valence-corrected chi connectivity index (χ1v) is 6.38. The number of hydrogen-bond donors (Lipinski definition) is 1. The van der Waals surface area contributed by atoms with E-state index in [9.17, 15) is 8.42 Å². The number of anilines is 1. The maximum absolute atomic E-state index is 11.6. The average Bonchev–Trinajstić information content (AvgIpc) is 2.45. The third-order valence-corrected chi connectivity index (χ3v) is 4.84. The van der Waals surface area contributed by atoms with Gasteiger partial charge < -0.3 is 5.73 Å². The van der Waals surface area contributed by atoms with Crippen LogP contribution in [-0.2, 0) is 9.84 Å². The van der Waals surface area contributed by atoms with Crippen LogP contribution in [-0.4, -0.2) is 14.2 Å². The van der Waals surface area contributed by atoms with Gasteiger partial charge in [-0.3, -0.25) is 0 Å². The van der Waals surface area contributed by atoms with Crippen molar-refractivity contribution in [3.8, 4) is 0 Å². The molecule has 1 aliphatic rings. The normalized spacial score (nSPS) is 25.0. The van der Waals surface area contributed by atoms with Crippen molar-refractivity contribution in [3.63, 3.8) is 0 Å². The molecule has 1 heterocycles. The van der Waals surface area contributed by atoms with Crippen LogP contribution in [0.5, 0.6) is 0 Å². The van der Waals surface area contributed by atoms with Crippen LogP contribution in [0.25, 0.3) is 0 Å². The number of sulfone groups is 1. The third-order valence-electron chi connectivity index (χ3n) is 2.61. The molecule has 2 N–H and O–H groups in total. The second-order valence-electron chi connectivity index (χ2n) is 3.67. The average molecular weight is 211 g/mol. The highest BCUT2D eigenvalue weighted by Crippen LogP contribution is 2.34. The SMILES string of the molecule is Nc1cccc(C2CCCS2(=O)=O)c1. The van der Waals surface area contributed by atoms with E-state index < -0.39 is 9.84 Å². The molecule has 1 aromatic carbocycles. The van der Waals surface area contributed by atoms with E-state index in [2.05, 4.69) is 0 Å². The summed E-state index contributed by atoms with van der Waals surface area (Å²) in [7, 11) is -2.91. The van der Waals surface area contributed by atoms with Gasteiger partial charge in [-0.25, -0.2) is 8.42 Å². The summed E-state index contributed by atoms with van der Waals surface area (Å²) >= 11 is 0. The van der Waals surface area contributed by atoms with E-state index in [1.54, 1.807) is 18.2 Å². The van der Waals surface area contributed by atoms with E-state index in [1.165, 1.54) is 0 Å². The fourth-order valence-electron chi connectivity index (χ4n) is 1.93. The van der Waals surface area contributed by atoms with E-state index in [0.717, 1.165) is 18.4 Å². The zero-order chi connectivity index (χ0) is 10.2. The van der Waals surface area contributed by atoms with Crippen molar-refractivity contribution >= 4 is 15.5 Å². The van der Waals surface area contributed by atoms with Crippen molar-refractivity contribution in [2.24, 2.45) is 0 Å². The predicted octanol–water partition coefficient (Wildman–Crippen LogP) is 1.52. The van der Waals surface area contributed by atoms with Gasteiger partial charge in [0.1, 0.15) is 0 Å². The molecule has 76 valence electrons. The van der Waals surface area contributed by atoms with Gasteiger partial charge in [0.05, 0.1) is 11.0 Å². The largest absolute Gasteiger partial charge is 0.399 e. The summed E-state index contributed by atoms with van der Waals surface area (Å²) in [4.78, 5) is 0. The van der Waals surface area contributed by atoms with E-state index in [1.807, 2.05) is 6.07 Å². The molecule has 0 amide bonds. The second-order valence-corrected chi connectivity index (χ2v) is 5.97. The molecular weight excluding hydrogens is 198 g/mol. The predicted molar refractivity (Wildman–Crippen MR) is 56.6 cm³/mol. The summed E-state index contributed by atoms with van der Waals surface area (Å²) < 4.78 is 23.3. The minimum absolute atomic E-state index is 0.312. The molecule has 1 atom stereocenters. The molecule has 0 spiro atoms. The standard InChI is InChI=1S/C10H13NO2S/c11-9-4-1-3-8(7-9)10-5-2-6-14(10,12)13/h1,3-4,7,10H,2,5-6,11H2. The van der Waals surface area contributed by atoms with Gasteiger partial charge >= 0.3 is 0 Å². The smallest absolute Gasteiger partial charge is 0.157 e. The number of nitrogens with two attached hydrogens (primary N) is 1.